The van der Waals surface area contributed by atoms with E-state index in [-0.39, 0.29) is 0 Å². The Balaban J connectivity index is 1.82. The third-order valence-corrected chi connectivity index (χ3v) is 6.22. The monoisotopic (exact) mass is 379 g/mol. The highest BCUT2D eigenvalue weighted by Gasteiger charge is 2.24. The van der Waals surface area contributed by atoms with Gasteiger partial charge in [0.05, 0.1) is 0 Å². The number of carbonyl (C=O) groups is 1. The van der Waals surface area contributed by atoms with Crippen molar-refractivity contribution in [3.8, 4) is 0 Å². The Morgan fingerprint density at radius 2 is 1.04 bits per heavy atom. The lowest BCUT2D eigenvalue weighted by Gasteiger charge is -2.35. The largest absolute Gasteiger partial charge is 0.342 e. The van der Waals surface area contributed by atoms with Gasteiger partial charge in [0.1, 0.15) is 0 Å². The van der Waals surface area contributed by atoms with Gasteiger partial charge in [-0.1, -0.05) is 111 Å². The van der Waals surface area contributed by atoms with E-state index in [1.807, 2.05) is 0 Å². The number of piperidine rings is 1. The lowest BCUT2D eigenvalue weighted by atomic mass is 9.91. The molecule has 160 valence electrons. The molecule has 0 saturated carbocycles. The number of hydrogen-bond donors (Lipinski definition) is 0. The summed E-state index contributed by atoms with van der Waals surface area (Å²) in [5, 5.41) is 0. The van der Waals surface area contributed by atoms with E-state index in [1.54, 1.807) is 0 Å². The fourth-order valence-electron chi connectivity index (χ4n) is 4.67. The van der Waals surface area contributed by atoms with E-state index in [9.17, 15) is 4.79 Å². The summed E-state index contributed by atoms with van der Waals surface area (Å²) in [5.41, 5.74) is 0. The molecule has 1 fully saturated rings. The van der Waals surface area contributed by atoms with Crippen LogP contribution in [0.1, 0.15) is 130 Å². The van der Waals surface area contributed by atoms with E-state index < -0.39 is 0 Å². The van der Waals surface area contributed by atoms with Crippen molar-refractivity contribution in [1.82, 2.24) is 4.90 Å². The molecule has 1 amide bonds. The van der Waals surface area contributed by atoms with Crippen molar-refractivity contribution in [2.24, 2.45) is 11.8 Å². The number of rotatable bonds is 16. The molecule has 2 atom stereocenters. The molecule has 0 aliphatic carbocycles. The highest BCUT2D eigenvalue weighted by molar-refractivity contribution is 5.76. The Labute approximate surface area is 170 Å². The van der Waals surface area contributed by atoms with Gasteiger partial charge in [-0.25, -0.2) is 0 Å². The van der Waals surface area contributed by atoms with Gasteiger partial charge >= 0.3 is 0 Å². The predicted octanol–water partition coefficient (Wildman–Crippen LogP) is 7.75. The molecule has 0 spiro atoms. The molecule has 27 heavy (non-hydrogen) atoms. The molecule has 0 N–H and O–H groups in total. The van der Waals surface area contributed by atoms with E-state index >= 15 is 0 Å². The smallest absolute Gasteiger partial charge is 0.222 e. The molecule has 0 bridgehead atoms. The summed E-state index contributed by atoms with van der Waals surface area (Å²) in [6.45, 7) is 8.83. The van der Waals surface area contributed by atoms with Gasteiger partial charge in [-0.2, -0.15) is 0 Å². The highest BCUT2D eigenvalue weighted by Crippen LogP contribution is 2.22. The third-order valence-electron chi connectivity index (χ3n) is 6.22. The Morgan fingerprint density at radius 3 is 1.44 bits per heavy atom. The van der Waals surface area contributed by atoms with E-state index in [0.29, 0.717) is 17.7 Å². The molecule has 0 aromatic carbocycles. The standard InChI is InChI=1S/C25H49NO/c1-4-5-6-7-8-9-10-11-12-13-14-15-16-17-18-19-25(27)26-21-23(2)20-24(3)22-26/h23-24H,4-22H2,1-3H3. The van der Waals surface area contributed by atoms with Crippen LogP contribution >= 0.6 is 0 Å². The first-order chi connectivity index (χ1) is 13.1. The molecule has 0 aromatic rings. The maximum Gasteiger partial charge on any atom is 0.222 e. The summed E-state index contributed by atoms with van der Waals surface area (Å²) in [7, 11) is 0. The SMILES string of the molecule is CCCCCCCCCCCCCCCCCC(=O)N1CC(C)CC(C)C1. The summed E-state index contributed by atoms with van der Waals surface area (Å²) >= 11 is 0. The van der Waals surface area contributed by atoms with Crippen molar-refractivity contribution >= 4 is 5.91 Å². The minimum Gasteiger partial charge on any atom is -0.342 e. The van der Waals surface area contributed by atoms with Gasteiger partial charge in [0.2, 0.25) is 5.91 Å². The quantitative estimate of drug-likeness (QED) is 0.251. The number of hydrogen-bond acceptors (Lipinski definition) is 1. The first-order valence-electron chi connectivity index (χ1n) is 12.4. The van der Waals surface area contributed by atoms with E-state index in [0.717, 1.165) is 25.9 Å². The Morgan fingerprint density at radius 1 is 0.667 bits per heavy atom. The molecule has 1 aliphatic rings. The maximum atomic E-state index is 12.3. The van der Waals surface area contributed by atoms with E-state index in [1.165, 1.54) is 96.3 Å². The van der Waals surface area contributed by atoms with Crippen LogP contribution in [0.15, 0.2) is 0 Å². The molecule has 1 aliphatic heterocycles. The Bertz CT molecular complexity index is 344. The Hall–Kier alpha value is -0.530. The van der Waals surface area contributed by atoms with E-state index in [2.05, 4.69) is 25.7 Å². The predicted molar refractivity (Wildman–Crippen MR) is 119 cm³/mol. The van der Waals surface area contributed by atoms with Crippen LogP contribution in [0.5, 0.6) is 0 Å². The number of nitrogens with zero attached hydrogens (tertiary/aromatic N) is 1. The van der Waals surface area contributed by atoms with Crippen molar-refractivity contribution < 1.29 is 4.79 Å². The molecule has 0 radical (unpaired) electrons. The van der Waals surface area contributed by atoms with Crippen molar-refractivity contribution in [3.63, 3.8) is 0 Å². The molecule has 0 aromatic heterocycles. The summed E-state index contributed by atoms with van der Waals surface area (Å²) in [4.78, 5) is 14.5. The van der Waals surface area contributed by atoms with Crippen molar-refractivity contribution in [3.05, 3.63) is 0 Å². The third kappa shape index (κ3) is 13.3. The maximum absolute atomic E-state index is 12.3. The average molecular weight is 380 g/mol. The van der Waals surface area contributed by atoms with Crippen LogP contribution in [-0.2, 0) is 4.79 Å². The highest BCUT2D eigenvalue weighted by atomic mass is 16.2. The normalized spacial score (nSPS) is 20.2. The van der Waals surface area contributed by atoms with Crippen LogP contribution in [0.2, 0.25) is 0 Å². The molecular formula is C25H49NO. The van der Waals surface area contributed by atoms with Crippen LogP contribution in [0.4, 0.5) is 0 Å². The van der Waals surface area contributed by atoms with Gasteiger partial charge in [-0.15, -0.1) is 0 Å². The number of carbonyl (C=O) groups excluding carboxylic acids is 1. The topological polar surface area (TPSA) is 20.3 Å². The van der Waals surface area contributed by atoms with Crippen molar-refractivity contribution in [2.45, 2.75) is 130 Å². The number of unbranched alkanes of at least 4 members (excludes halogenated alkanes) is 14. The summed E-state index contributed by atoms with van der Waals surface area (Å²) in [5.74, 6) is 1.76. The zero-order valence-corrected chi connectivity index (χ0v) is 18.9. The van der Waals surface area contributed by atoms with Gasteiger partial charge in [-0.05, 0) is 24.7 Å². The average Bonchev–Trinajstić information content (AvgIpc) is 2.64. The van der Waals surface area contributed by atoms with Gasteiger partial charge < -0.3 is 4.90 Å². The zero-order valence-electron chi connectivity index (χ0n) is 18.9. The minimum absolute atomic E-state index is 0.406. The second-order valence-electron chi connectivity index (χ2n) is 9.44. The van der Waals surface area contributed by atoms with Crippen LogP contribution < -0.4 is 0 Å². The molecule has 2 heteroatoms. The first kappa shape index (κ1) is 24.5. The second-order valence-corrected chi connectivity index (χ2v) is 9.44. The summed E-state index contributed by atoms with van der Waals surface area (Å²) in [6.07, 6.45) is 22.8. The number of likely N-dealkylation sites (tertiary alicyclic amines) is 1. The van der Waals surface area contributed by atoms with Gasteiger partial charge in [0, 0.05) is 19.5 Å². The molecule has 2 nitrogen and oxygen atoms in total. The molecule has 1 rings (SSSR count). The molecule has 1 saturated heterocycles. The fraction of sp³-hybridized carbons (Fsp3) is 0.960. The summed E-state index contributed by atoms with van der Waals surface area (Å²) in [6, 6.07) is 0. The fourth-order valence-corrected chi connectivity index (χ4v) is 4.67. The van der Waals surface area contributed by atoms with Crippen LogP contribution in [0.3, 0.4) is 0 Å². The molecular weight excluding hydrogens is 330 g/mol. The Kier molecular flexibility index (Phi) is 14.9. The lowest BCUT2D eigenvalue weighted by Crippen LogP contribution is -2.42. The van der Waals surface area contributed by atoms with Crippen molar-refractivity contribution in [2.75, 3.05) is 13.1 Å². The summed E-state index contributed by atoms with van der Waals surface area (Å²) < 4.78 is 0. The van der Waals surface area contributed by atoms with Crippen LogP contribution in [0, 0.1) is 11.8 Å². The second kappa shape index (κ2) is 16.4. The van der Waals surface area contributed by atoms with Crippen LogP contribution in [-0.4, -0.2) is 23.9 Å². The minimum atomic E-state index is 0.406. The number of amides is 1. The lowest BCUT2D eigenvalue weighted by molar-refractivity contribution is -0.134. The first-order valence-corrected chi connectivity index (χ1v) is 12.4. The van der Waals surface area contributed by atoms with Crippen molar-refractivity contribution in [1.29, 1.82) is 0 Å². The van der Waals surface area contributed by atoms with E-state index in [4.69, 9.17) is 0 Å². The van der Waals surface area contributed by atoms with Gasteiger partial charge in [0.15, 0.2) is 0 Å². The van der Waals surface area contributed by atoms with Gasteiger partial charge in [0.25, 0.3) is 0 Å². The molecule has 2 unspecified atom stereocenters. The van der Waals surface area contributed by atoms with Gasteiger partial charge in [-0.3, -0.25) is 4.79 Å². The van der Waals surface area contributed by atoms with Crippen LogP contribution in [0.25, 0.3) is 0 Å². The molecule has 1 heterocycles. The zero-order chi connectivity index (χ0) is 19.7.